The molecule has 9 nitrogen and oxygen atoms in total. The first kappa shape index (κ1) is 56.4. The van der Waals surface area contributed by atoms with Crippen molar-refractivity contribution in [3.05, 3.63) is 97.2 Å². The van der Waals surface area contributed by atoms with Crippen molar-refractivity contribution in [3.8, 4) is 0 Å². The molecule has 0 amide bonds. The van der Waals surface area contributed by atoms with Crippen LogP contribution in [-0.2, 0) is 27.9 Å². The van der Waals surface area contributed by atoms with Gasteiger partial charge in [-0.25, -0.2) is 4.57 Å². The van der Waals surface area contributed by atoms with Crippen LogP contribution in [0.5, 0.6) is 0 Å². The van der Waals surface area contributed by atoms with Gasteiger partial charge >= 0.3 is 13.8 Å². The molecule has 0 radical (unpaired) electrons. The van der Waals surface area contributed by atoms with Crippen LogP contribution in [0.25, 0.3) is 0 Å². The number of phosphoric acid groups is 1. The highest BCUT2D eigenvalue weighted by Gasteiger charge is 2.26. The minimum atomic E-state index is -4.54. The first-order valence-corrected chi connectivity index (χ1v) is 24.2. The maximum Gasteiger partial charge on any atom is 0.472 e. The summed E-state index contributed by atoms with van der Waals surface area (Å²) in [5.41, 5.74) is 0. The number of carbonyl (C=O) groups excluding carboxylic acids is 1. The second-order valence-corrected chi connectivity index (χ2v) is 16.1. The molecule has 0 spiro atoms. The van der Waals surface area contributed by atoms with E-state index in [9.17, 15) is 19.4 Å². The van der Waals surface area contributed by atoms with Crippen LogP contribution in [0.1, 0.15) is 162 Å². The molecular formula is C49H83O9P. The third kappa shape index (κ3) is 44.8. The number of ether oxygens (including phenoxy) is 2. The van der Waals surface area contributed by atoms with Gasteiger partial charge in [-0.05, 0) is 96.3 Å². The Kier molecular flexibility index (Phi) is 42.9. The molecule has 0 aromatic carbocycles. The normalized spacial score (nSPS) is 14.9. The Hall–Kier alpha value is -2.62. The second kappa shape index (κ2) is 44.9. The molecule has 0 rings (SSSR count). The Bertz CT molecular complexity index is 1230. The quantitative estimate of drug-likeness (QED) is 0.0238. The fraction of sp³-hybridized carbons (Fsp3) is 0.653. The van der Waals surface area contributed by atoms with Crippen molar-refractivity contribution in [2.45, 2.75) is 174 Å². The van der Waals surface area contributed by atoms with Gasteiger partial charge in [-0.1, -0.05) is 156 Å². The summed E-state index contributed by atoms with van der Waals surface area (Å²) in [6, 6.07) is 0. The van der Waals surface area contributed by atoms with E-state index in [1.807, 2.05) is 0 Å². The number of rotatable bonds is 42. The number of hydrogen-bond acceptors (Lipinski definition) is 8. The maximum atomic E-state index is 12.6. The average Bonchev–Trinajstić information content (AvgIpc) is 3.23. The highest BCUT2D eigenvalue weighted by molar-refractivity contribution is 7.47. The Labute approximate surface area is 359 Å². The molecule has 0 aliphatic rings. The summed E-state index contributed by atoms with van der Waals surface area (Å²) < 4.78 is 33.3. The van der Waals surface area contributed by atoms with Crippen LogP contribution < -0.4 is 0 Å². The van der Waals surface area contributed by atoms with Gasteiger partial charge in [0.1, 0.15) is 12.2 Å². The first-order chi connectivity index (χ1) is 28.8. The Balaban J connectivity index is 4.27. The number of allylic oxidation sites excluding steroid dienone is 16. The van der Waals surface area contributed by atoms with Gasteiger partial charge in [0.25, 0.3) is 0 Å². The molecule has 0 heterocycles. The summed E-state index contributed by atoms with van der Waals surface area (Å²) in [5, 5.41) is 18.4. The predicted octanol–water partition coefficient (Wildman–Crippen LogP) is 12.9. The Morgan fingerprint density at radius 1 is 0.542 bits per heavy atom. The number of unbranched alkanes of at least 4 members (excludes halogenated alkanes) is 12. The summed E-state index contributed by atoms with van der Waals surface area (Å²) in [6.07, 6.45) is 56.6. The van der Waals surface area contributed by atoms with E-state index in [1.165, 1.54) is 38.5 Å². The van der Waals surface area contributed by atoms with Crippen LogP contribution in [0.3, 0.4) is 0 Å². The molecule has 0 aliphatic heterocycles. The fourth-order valence-electron chi connectivity index (χ4n) is 5.56. The van der Waals surface area contributed by atoms with Crippen LogP contribution in [0.2, 0.25) is 0 Å². The van der Waals surface area contributed by atoms with Crippen molar-refractivity contribution in [2.24, 2.45) is 0 Å². The minimum Gasteiger partial charge on any atom is -0.457 e. The topological polar surface area (TPSA) is 132 Å². The molecule has 3 unspecified atom stereocenters. The van der Waals surface area contributed by atoms with Crippen molar-refractivity contribution in [3.63, 3.8) is 0 Å². The number of hydrogen-bond donors (Lipinski definition) is 3. The van der Waals surface area contributed by atoms with Crippen molar-refractivity contribution >= 4 is 13.8 Å². The molecule has 0 aromatic rings. The molecule has 3 N–H and O–H groups in total. The second-order valence-electron chi connectivity index (χ2n) is 14.7. The third-order valence-corrected chi connectivity index (χ3v) is 9.95. The van der Waals surface area contributed by atoms with E-state index in [2.05, 4.69) is 111 Å². The van der Waals surface area contributed by atoms with Crippen LogP contribution in [0, 0.1) is 0 Å². The highest BCUT2D eigenvalue weighted by Crippen LogP contribution is 2.43. The minimum absolute atomic E-state index is 0.00971. The smallest absolute Gasteiger partial charge is 0.457 e. The average molecular weight is 847 g/mol. The zero-order valence-electron chi connectivity index (χ0n) is 36.9. The lowest BCUT2D eigenvalue weighted by molar-refractivity contribution is -0.154. The molecule has 3 atom stereocenters. The summed E-state index contributed by atoms with van der Waals surface area (Å²) in [5.74, 6) is -0.412. The van der Waals surface area contributed by atoms with E-state index < -0.39 is 45.8 Å². The third-order valence-electron chi connectivity index (χ3n) is 9.00. The van der Waals surface area contributed by atoms with Crippen molar-refractivity contribution in [1.29, 1.82) is 0 Å². The molecule has 0 aromatic heterocycles. The van der Waals surface area contributed by atoms with E-state index in [1.54, 1.807) is 0 Å². The summed E-state index contributed by atoms with van der Waals surface area (Å²) in [7, 11) is -4.54. The number of aliphatic hydroxyl groups excluding tert-OH is 2. The van der Waals surface area contributed by atoms with Crippen molar-refractivity contribution in [1.82, 2.24) is 0 Å². The lowest BCUT2D eigenvalue weighted by Gasteiger charge is -2.20. The predicted molar refractivity (Wildman–Crippen MR) is 246 cm³/mol. The molecule has 0 fully saturated rings. The van der Waals surface area contributed by atoms with Gasteiger partial charge in [0.05, 0.1) is 26.4 Å². The summed E-state index contributed by atoms with van der Waals surface area (Å²) >= 11 is 0. The van der Waals surface area contributed by atoms with Crippen molar-refractivity contribution in [2.75, 3.05) is 33.0 Å². The first-order valence-electron chi connectivity index (χ1n) is 22.7. The molecule has 0 saturated heterocycles. The van der Waals surface area contributed by atoms with Crippen molar-refractivity contribution < 1.29 is 43.0 Å². The molecule has 0 bridgehead atoms. The van der Waals surface area contributed by atoms with Crippen LogP contribution in [0.4, 0.5) is 0 Å². The largest absolute Gasteiger partial charge is 0.472 e. The van der Waals surface area contributed by atoms with Crippen LogP contribution in [-0.4, -0.2) is 66.3 Å². The van der Waals surface area contributed by atoms with E-state index >= 15 is 0 Å². The van der Waals surface area contributed by atoms with E-state index in [-0.39, 0.29) is 13.0 Å². The Morgan fingerprint density at radius 3 is 1.47 bits per heavy atom. The molecule has 10 heteroatoms. The number of phosphoric ester groups is 1. The zero-order valence-corrected chi connectivity index (χ0v) is 37.8. The molecular weight excluding hydrogens is 764 g/mol. The van der Waals surface area contributed by atoms with E-state index in [0.29, 0.717) is 13.0 Å². The molecule has 59 heavy (non-hydrogen) atoms. The van der Waals surface area contributed by atoms with Gasteiger partial charge in [0, 0.05) is 13.0 Å². The Morgan fingerprint density at radius 2 is 0.966 bits per heavy atom. The molecule has 0 saturated carbocycles. The van der Waals surface area contributed by atoms with E-state index in [0.717, 1.165) is 96.3 Å². The number of aliphatic hydroxyl groups is 2. The zero-order chi connectivity index (χ0) is 43.2. The summed E-state index contributed by atoms with van der Waals surface area (Å²) in [4.78, 5) is 22.6. The van der Waals surface area contributed by atoms with E-state index in [4.69, 9.17) is 23.6 Å². The highest BCUT2D eigenvalue weighted by atomic mass is 31.2. The number of esters is 1. The monoisotopic (exact) mass is 847 g/mol. The van der Waals surface area contributed by atoms with Crippen LogP contribution in [0.15, 0.2) is 97.2 Å². The standard InChI is InChI=1S/C49H83O9P/c1-3-5-7-9-11-13-15-17-19-20-21-22-23-24-25-26-27-28-30-32-34-36-38-40-42-55-45-48(46-57-59(53,54)56-44-47(51)43-50)58-49(52)41-39-37-35-33-31-29-18-16-14-12-10-8-6-4-2/h5,7,11,13,16-19,21-22,24-25,27-28,32,34,47-48,50-51H,3-4,6,8-10,12,14-15,20,23,26,29-31,33,35-46H2,1-2H3,(H,53,54)/b7-5-,13-11-,18-16-,19-17-,22-21-,25-24-,28-27-,34-32-. The lowest BCUT2D eigenvalue weighted by Crippen LogP contribution is -2.29. The van der Waals surface area contributed by atoms with Gasteiger partial charge in [-0.15, -0.1) is 0 Å². The maximum absolute atomic E-state index is 12.6. The van der Waals surface area contributed by atoms with Crippen LogP contribution >= 0.6 is 7.82 Å². The summed E-state index contributed by atoms with van der Waals surface area (Å²) in [6.45, 7) is 3.24. The van der Waals surface area contributed by atoms with Gasteiger partial charge in [-0.3, -0.25) is 13.8 Å². The fourth-order valence-corrected chi connectivity index (χ4v) is 6.35. The molecule has 0 aliphatic carbocycles. The van der Waals surface area contributed by atoms with Gasteiger partial charge in [0.2, 0.25) is 0 Å². The molecule has 338 valence electrons. The van der Waals surface area contributed by atoms with Gasteiger partial charge in [-0.2, -0.15) is 0 Å². The lowest BCUT2D eigenvalue weighted by atomic mass is 10.1. The number of carbonyl (C=O) groups is 1. The SMILES string of the molecule is CC/C=C\C/C=C\C/C=C\C/C=C\C/C=C\C/C=C\C/C=C\CCCCOCC(COP(=O)(O)OCC(O)CO)OC(=O)CCCCCCC/C=C\CCCCCCC. The van der Waals surface area contributed by atoms with Gasteiger partial charge in [0.15, 0.2) is 0 Å². The van der Waals surface area contributed by atoms with Gasteiger partial charge < -0.3 is 24.6 Å².